The molecule has 2 amide bonds. The van der Waals surface area contributed by atoms with Crippen molar-refractivity contribution in [3.05, 3.63) is 23.2 Å². The Hall–Kier alpha value is -1.63. The predicted molar refractivity (Wildman–Crippen MR) is 83.7 cm³/mol. The predicted octanol–water partition coefficient (Wildman–Crippen LogP) is 1.86. The molecule has 0 heterocycles. The first-order valence-corrected chi connectivity index (χ1v) is 7.03. The summed E-state index contributed by atoms with van der Waals surface area (Å²) in [5.41, 5.74) is 1.05. The second-order valence-corrected chi connectivity index (χ2v) is 4.72. The van der Waals surface area contributed by atoms with Crippen molar-refractivity contribution in [2.24, 2.45) is 0 Å². The Balaban J connectivity index is 2.58. The molecule has 0 aromatic heterocycles. The number of ether oxygens (including phenoxy) is 1. The van der Waals surface area contributed by atoms with Gasteiger partial charge < -0.3 is 20.7 Å². The normalized spacial score (nSPS) is 10.2. The maximum absolute atomic E-state index is 11.8. The van der Waals surface area contributed by atoms with Gasteiger partial charge in [-0.3, -0.25) is 9.59 Å². The number of nitrogens with one attached hydrogen (secondary N) is 3. The van der Waals surface area contributed by atoms with Gasteiger partial charge in [-0.05, 0) is 18.2 Å². The molecule has 1 aromatic rings. The summed E-state index contributed by atoms with van der Waals surface area (Å²) in [6, 6.07) is 4.94. The number of hydrogen-bond acceptors (Lipinski definition) is 4. The molecular formula is C14H20ClN3O3. The molecule has 0 saturated carbocycles. The highest BCUT2D eigenvalue weighted by Crippen LogP contribution is 2.25. The fourth-order valence-corrected chi connectivity index (χ4v) is 1.68. The quantitative estimate of drug-likeness (QED) is 0.640. The molecule has 0 aliphatic heterocycles. The van der Waals surface area contributed by atoms with E-state index in [2.05, 4.69) is 16.0 Å². The lowest BCUT2D eigenvalue weighted by molar-refractivity contribution is -0.116. The van der Waals surface area contributed by atoms with Crippen LogP contribution in [0.15, 0.2) is 18.2 Å². The van der Waals surface area contributed by atoms with Crippen LogP contribution in [0.1, 0.15) is 13.3 Å². The fourth-order valence-electron chi connectivity index (χ4n) is 1.52. The van der Waals surface area contributed by atoms with Crippen LogP contribution in [0.4, 0.5) is 11.4 Å². The van der Waals surface area contributed by atoms with Crippen molar-refractivity contribution in [2.75, 3.05) is 37.4 Å². The molecule has 0 bridgehead atoms. The van der Waals surface area contributed by atoms with Crippen LogP contribution in [0.5, 0.6) is 0 Å². The number of amides is 2. The highest BCUT2D eigenvalue weighted by molar-refractivity contribution is 6.33. The third-order valence-electron chi connectivity index (χ3n) is 2.61. The molecule has 0 radical (unpaired) electrons. The van der Waals surface area contributed by atoms with Crippen molar-refractivity contribution >= 4 is 34.8 Å². The summed E-state index contributed by atoms with van der Waals surface area (Å²) >= 11 is 6.03. The molecule has 1 aromatic carbocycles. The van der Waals surface area contributed by atoms with Gasteiger partial charge in [-0.1, -0.05) is 18.5 Å². The van der Waals surface area contributed by atoms with Gasteiger partial charge in [0.25, 0.3) is 0 Å². The monoisotopic (exact) mass is 313 g/mol. The SMILES string of the molecule is CCC(=O)Nc1ccc(Cl)c(NC(=O)CNCCOC)c1. The summed E-state index contributed by atoms with van der Waals surface area (Å²) < 4.78 is 4.87. The highest BCUT2D eigenvalue weighted by atomic mass is 35.5. The standard InChI is InChI=1S/C14H20ClN3O3/c1-3-13(19)17-10-4-5-11(15)12(8-10)18-14(20)9-16-6-7-21-2/h4-5,8,16H,3,6-7,9H2,1-2H3,(H,17,19)(H,18,20). The topological polar surface area (TPSA) is 79.5 Å². The van der Waals surface area contributed by atoms with E-state index in [0.29, 0.717) is 36.0 Å². The lowest BCUT2D eigenvalue weighted by Crippen LogP contribution is -2.30. The molecule has 21 heavy (non-hydrogen) atoms. The Morgan fingerprint density at radius 2 is 2.00 bits per heavy atom. The number of rotatable bonds is 8. The van der Waals surface area contributed by atoms with E-state index in [-0.39, 0.29) is 18.4 Å². The minimum Gasteiger partial charge on any atom is -0.383 e. The number of carbonyl (C=O) groups excluding carboxylic acids is 2. The highest BCUT2D eigenvalue weighted by Gasteiger charge is 2.08. The molecule has 116 valence electrons. The average Bonchev–Trinajstić information content (AvgIpc) is 2.47. The Labute approximate surface area is 129 Å². The van der Waals surface area contributed by atoms with Crippen LogP contribution in [0, 0.1) is 0 Å². The maximum Gasteiger partial charge on any atom is 0.238 e. The smallest absolute Gasteiger partial charge is 0.238 e. The van der Waals surface area contributed by atoms with Crippen molar-refractivity contribution < 1.29 is 14.3 Å². The lowest BCUT2D eigenvalue weighted by atomic mass is 10.2. The van der Waals surface area contributed by atoms with Crippen LogP contribution in [-0.4, -0.2) is 38.6 Å². The Kier molecular flexibility index (Phi) is 7.74. The third kappa shape index (κ3) is 6.57. The zero-order valence-electron chi connectivity index (χ0n) is 12.2. The van der Waals surface area contributed by atoms with E-state index in [1.807, 2.05) is 0 Å². The summed E-state index contributed by atoms with van der Waals surface area (Å²) in [5, 5.41) is 8.75. The zero-order chi connectivity index (χ0) is 15.7. The summed E-state index contributed by atoms with van der Waals surface area (Å²) in [7, 11) is 1.59. The molecule has 7 heteroatoms. The largest absolute Gasteiger partial charge is 0.383 e. The van der Waals surface area contributed by atoms with Crippen molar-refractivity contribution in [1.29, 1.82) is 0 Å². The van der Waals surface area contributed by atoms with Gasteiger partial charge in [0, 0.05) is 25.8 Å². The molecule has 0 aliphatic rings. The van der Waals surface area contributed by atoms with Gasteiger partial charge in [0.15, 0.2) is 0 Å². The number of halogens is 1. The van der Waals surface area contributed by atoms with Crippen LogP contribution in [0.3, 0.4) is 0 Å². The molecule has 0 aliphatic carbocycles. The van der Waals surface area contributed by atoms with Gasteiger partial charge in [0.2, 0.25) is 11.8 Å². The molecular weight excluding hydrogens is 294 g/mol. The van der Waals surface area contributed by atoms with Crippen molar-refractivity contribution in [1.82, 2.24) is 5.32 Å². The number of methoxy groups -OCH3 is 1. The van der Waals surface area contributed by atoms with Crippen LogP contribution >= 0.6 is 11.6 Å². The first-order chi connectivity index (χ1) is 10.1. The van der Waals surface area contributed by atoms with E-state index in [1.54, 1.807) is 32.2 Å². The fraction of sp³-hybridized carbons (Fsp3) is 0.429. The zero-order valence-corrected chi connectivity index (χ0v) is 12.9. The van der Waals surface area contributed by atoms with Crippen molar-refractivity contribution in [3.63, 3.8) is 0 Å². The second kappa shape index (κ2) is 9.33. The maximum atomic E-state index is 11.8. The number of anilines is 2. The first-order valence-electron chi connectivity index (χ1n) is 6.65. The average molecular weight is 314 g/mol. The minimum atomic E-state index is -0.216. The van der Waals surface area contributed by atoms with Gasteiger partial charge >= 0.3 is 0 Å². The van der Waals surface area contributed by atoms with E-state index >= 15 is 0 Å². The van der Waals surface area contributed by atoms with Gasteiger partial charge in [0.05, 0.1) is 23.9 Å². The van der Waals surface area contributed by atoms with Crippen LogP contribution in [-0.2, 0) is 14.3 Å². The van der Waals surface area contributed by atoms with Gasteiger partial charge in [-0.2, -0.15) is 0 Å². The van der Waals surface area contributed by atoms with E-state index in [1.165, 1.54) is 0 Å². The van der Waals surface area contributed by atoms with Gasteiger partial charge in [0.1, 0.15) is 0 Å². The molecule has 3 N–H and O–H groups in total. The number of carbonyl (C=O) groups is 2. The summed E-state index contributed by atoms with van der Waals surface area (Å²) in [5.74, 6) is -0.317. The van der Waals surface area contributed by atoms with E-state index in [0.717, 1.165) is 0 Å². The van der Waals surface area contributed by atoms with Crippen molar-refractivity contribution in [2.45, 2.75) is 13.3 Å². The molecule has 0 atom stereocenters. The van der Waals surface area contributed by atoms with Gasteiger partial charge in [-0.15, -0.1) is 0 Å². The summed E-state index contributed by atoms with van der Waals surface area (Å²) in [6.07, 6.45) is 0.383. The second-order valence-electron chi connectivity index (χ2n) is 4.31. The molecule has 0 spiro atoms. The van der Waals surface area contributed by atoms with Gasteiger partial charge in [-0.25, -0.2) is 0 Å². The number of hydrogen-bond donors (Lipinski definition) is 3. The van der Waals surface area contributed by atoms with Crippen molar-refractivity contribution in [3.8, 4) is 0 Å². The summed E-state index contributed by atoms with van der Waals surface area (Å²) in [4.78, 5) is 23.1. The molecule has 1 rings (SSSR count). The van der Waals surface area contributed by atoms with Crippen LogP contribution in [0.25, 0.3) is 0 Å². The van der Waals surface area contributed by atoms with E-state index in [4.69, 9.17) is 16.3 Å². The lowest BCUT2D eigenvalue weighted by Gasteiger charge is -2.10. The van der Waals surface area contributed by atoms with Crippen LogP contribution < -0.4 is 16.0 Å². The Morgan fingerprint density at radius 3 is 2.67 bits per heavy atom. The van der Waals surface area contributed by atoms with Crippen LogP contribution in [0.2, 0.25) is 5.02 Å². The molecule has 0 saturated heterocycles. The molecule has 0 fully saturated rings. The third-order valence-corrected chi connectivity index (χ3v) is 2.94. The minimum absolute atomic E-state index is 0.101. The molecule has 0 unspecified atom stereocenters. The Bertz CT molecular complexity index is 494. The first kappa shape index (κ1) is 17.4. The summed E-state index contributed by atoms with van der Waals surface area (Å²) in [6.45, 7) is 3.04. The number of benzene rings is 1. The van der Waals surface area contributed by atoms with E-state index < -0.39 is 0 Å². The van der Waals surface area contributed by atoms with E-state index in [9.17, 15) is 9.59 Å². The Morgan fingerprint density at radius 1 is 1.24 bits per heavy atom. The molecule has 6 nitrogen and oxygen atoms in total.